The van der Waals surface area contributed by atoms with Crippen LogP contribution in [0.2, 0.25) is 0 Å². The molecule has 2 nitrogen and oxygen atoms in total. The van der Waals surface area contributed by atoms with Crippen molar-refractivity contribution >= 4 is 10.9 Å². The first-order valence-electron chi connectivity index (χ1n) is 3.11. The molecule has 0 unspecified atom stereocenters. The molecule has 2 rings (SSSR count). The molecule has 0 bridgehead atoms. The Labute approximate surface area is 58.9 Å². The van der Waals surface area contributed by atoms with Crippen LogP contribution in [0.4, 0.5) is 0 Å². The van der Waals surface area contributed by atoms with E-state index in [0.29, 0.717) is 0 Å². The standard InChI is InChI=1S/C8H7N2/c1-6-4-10-8-5-9-3-2-7(6)8/h2-5,10H,1H2. The van der Waals surface area contributed by atoms with E-state index in [0.717, 1.165) is 16.5 Å². The van der Waals surface area contributed by atoms with Crippen molar-refractivity contribution in [1.82, 2.24) is 9.97 Å². The summed E-state index contributed by atoms with van der Waals surface area (Å²) in [6.07, 6.45) is 5.45. The second kappa shape index (κ2) is 1.84. The van der Waals surface area contributed by atoms with Crippen LogP contribution in [-0.4, -0.2) is 9.97 Å². The van der Waals surface area contributed by atoms with Gasteiger partial charge in [-0.25, -0.2) is 0 Å². The summed E-state index contributed by atoms with van der Waals surface area (Å²) in [7, 11) is 0. The van der Waals surface area contributed by atoms with Gasteiger partial charge in [0.25, 0.3) is 0 Å². The molecule has 2 heterocycles. The van der Waals surface area contributed by atoms with Crippen molar-refractivity contribution in [1.29, 1.82) is 0 Å². The topological polar surface area (TPSA) is 28.7 Å². The molecule has 10 heavy (non-hydrogen) atoms. The van der Waals surface area contributed by atoms with Gasteiger partial charge in [-0.3, -0.25) is 4.98 Å². The number of nitrogens with zero attached hydrogens (tertiary/aromatic N) is 1. The average molecular weight is 131 g/mol. The summed E-state index contributed by atoms with van der Waals surface area (Å²) >= 11 is 0. The number of pyridine rings is 1. The van der Waals surface area contributed by atoms with E-state index in [-0.39, 0.29) is 0 Å². The highest BCUT2D eigenvalue weighted by Gasteiger charge is 1.95. The van der Waals surface area contributed by atoms with Crippen molar-refractivity contribution in [3.63, 3.8) is 0 Å². The zero-order chi connectivity index (χ0) is 6.97. The van der Waals surface area contributed by atoms with Gasteiger partial charge in [0, 0.05) is 17.8 Å². The van der Waals surface area contributed by atoms with Crippen LogP contribution in [-0.2, 0) is 0 Å². The molecule has 49 valence electrons. The quantitative estimate of drug-likeness (QED) is 0.579. The van der Waals surface area contributed by atoms with Crippen LogP contribution in [0.25, 0.3) is 10.9 Å². The van der Waals surface area contributed by atoms with E-state index < -0.39 is 0 Å². The van der Waals surface area contributed by atoms with E-state index >= 15 is 0 Å². The van der Waals surface area contributed by atoms with Crippen LogP contribution in [0.3, 0.4) is 0 Å². The van der Waals surface area contributed by atoms with Crippen molar-refractivity contribution in [3.8, 4) is 0 Å². The Morgan fingerprint density at radius 1 is 1.50 bits per heavy atom. The number of hydrogen-bond acceptors (Lipinski definition) is 1. The highest BCUT2D eigenvalue weighted by atomic mass is 14.7. The van der Waals surface area contributed by atoms with Crippen LogP contribution in [0.1, 0.15) is 5.56 Å². The van der Waals surface area contributed by atoms with Gasteiger partial charge in [0.15, 0.2) is 0 Å². The molecule has 2 heteroatoms. The number of fused-ring (bicyclic) bond motifs is 1. The van der Waals surface area contributed by atoms with Crippen LogP contribution < -0.4 is 0 Å². The van der Waals surface area contributed by atoms with Crippen molar-refractivity contribution in [3.05, 3.63) is 37.1 Å². The summed E-state index contributed by atoms with van der Waals surface area (Å²) in [6.45, 7) is 3.85. The Bertz CT molecular complexity index is 349. The molecule has 1 radical (unpaired) electrons. The number of rotatable bonds is 0. The second-order valence-corrected chi connectivity index (χ2v) is 2.24. The molecule has 1 N–H and O–H groups in total. The zero-order valence-electron chi connectivity index (χ0n) is 5.46. The largest absolute Gasteiger partial charge is 0.360 e. The van der Waals surface area contributed by atoms with Crippen LogP contribution in [0, 0.1) is 6.92 Å². The van der Waals surface area contributed by atoms with E-state index in [1.54, 1.807) is 12.4 Å². The lowest BCUT2D eigenvalue weighted by molar-refractivity contribution is 1.34. The fourth-order valence-electron chi connectivity index (χ4n) is 1.03. The van der Waals surface area contributed by atoms with Crippen molar-refractivity contribution in [2.45, 2.75) is 0 Å². The van der Waals surface area contributed by atoms with Gasteiger partial charge in [0.05, 0.1) is 11.7 Å². The summed E-state index contributed by atoms with van der Waals surface area (Å²) in [5.74, 6) is 0. The van der Waals surface area contributed by atoms with Gasteiger partial charge in [-0.15, -0.1) is 0 Å². The first-order valence-corrected chi connectivity index (χ1v) is 3.11. The number of aromatic nitrogens is 2. The lowest BCUT2D eigenvalue weighted by atomic mass is 10.2. The number of aromatic amines is 1. The first kappa shape index (κ1) is 5.47. The minimum atomic E-state index is 1.03. The lowest BCUT2D eigenvalue weighted by Gasteiger charge is -1.86. The molecule has 0 aromatic carbocycles. The third kappa shape index (κ3) is 0.620. The highest BCUT2D eigenvalue weighted by Crippen LogP contribution is 2.14. The summed E-state index contributed by atoms with van der Waals surface area (Å²) in [5.41, 5.74) is 2.07. The molecule has 0 aliphatic rings. The molecule has 2 aromatic rings. The SMILES string of the molecule is [CH2]c1c[nH]c2cnccc12. The van der Waals surface area contributed by atoms with Crippen molar-refractivity contribution < 1.29 is 0 Å². The smallest absolute Gasteiger partial charge is 0.0643 e. The average Bonchev–Trinajstić information content (AvgIpc) is 2.34. The van der Waals surface area contributed by atoms with E-state index in [2.05, 4.69) is 16.9 Å². The number of hydrogen-bond donors (Lipinski definition) is 1. The maximum absolute atomic E-state index is 3.97. The molecule has 0 fully saturated rings. The van der Waals surface area contributed by atoms with Gasteiger partial charge < -0.3 is 4.98 Å². The fraction of sp³-hybridized carbons (Fsp3) is 0. The zero-order valence-corrected chi connectivity index (χ0v) is 5.46. The Morgan fingerprint density at radius 3 is 3.20 bits per heavy atom. The molecule has 0 aliphatic carbocycles. The molecule has 0 spiro atoms. The maximum atomic E-state index is 3.97. The predicted molar refractivity (Wildman–Crippen MR) is 40.6 cm³/mol. The molecule has 0 saturated carbocycles. The minimum absolute atomic E-state index is 1.03. The van der Waals surface area contributed by atoms with Gasteiger partial charge in [-0.05, 0) is 18.6 Å². The van der Waals surface area contributed by atoms with Gasteiger partial charge in [0.1, 0.15) is 0 Å². The van der Waals surface area contributed by atoms with Crippen molar-refractivity contribution in [2.75, 3.05) is 0 Å². The maximum Gasteiger partial charge on any atom is 0.0643 e. The predicted octanol–water partition coefficient (Wildman–Crippen LogP) is 1.75. The van der Waals surface area contributed by atoms with Crippen LogP contribution >= 0.6 is 0 Å². The Morgan fingerprint density at radius 2 is 2.40 bits per heavy atom. The van der Waals surface area contributed by atoms with E-state index in [1.165, 1.54) is 0 Å². The third-order valence-electron chi connectivity index (χ3n) is 1.57. The third-order valence-corrected chi connectivity index (χ3v) is 1.57. The Balaban J connectivity index is 2.93. The lowest BCUT2D eigenvalue weighted by Crippen LogP contribution is -1.70. The molecular weight excluding hydrogens is 124 g/mol. The number of nitrogens with one attached hydrogen (secondary N) is 1. The summed E-state index contributed by atoms with van der Waals surface area (Å²) in [5, 5.41) is 1.15. The van der Waals surface area contributed by atoms with Crippen molar-refractivity contribution in [2.24, 2.45) is 0 Å². The molecular formula is C8H7N2. The molecule has 2 aromatic heterocycles. The number of H-pyrrole nitrogens is 1. The van der Waals surface area contributed by atoms with Gasteiger partial charge in [-0.2, -0.15) is 0 Å². The molecule has 0 saturated heterocycles. The second-order valence-electron chi connectivity index (χ2n) is 2.24. The van der Waals surface area contributed by atoms with E-state index in [4.69, 9.17) is 0 Å². The molecule has 0 amide bonds. The van der Waals surface area contributed by atoms with E-state index in [1.807, 2.05) is 12.3 Å². The Hall–Kier alpha value is -1.31. The normalized spacial score (nSPS) is 10.5. The first-order chi connectivity index (χ1) is 4.88. The summed E-state index contributed by atoms with van der Waals surface area (Å²) in [6, 6.07) is 1.95. The minimum Gasteiger partial charge on any atom is -0.360 e. The summed E-state index contributed by atoms with van der Waals surface area (Å²) in [4.78, 5) is 7.03. The summed E-state index contributed by atoms with van der Waals surface area (Å²) < 4.78 is 0. The highest BCUT2D eigenvalue weighted by molar-refractivity contribution is 5.82. The monoisotopic (exact) mass is 131 g/mol. The molecule has 0 aliphatic heterocycles. The molecule has 0 atom stereocenters. The van der Waals surface area contributed by atoms with Crippen LogP contribution in [0.15, 0.2) is 24.7 Å². The van der Waals surface area contributed by atoms with Gasteiger partial charge in [0.2, 0.25) is 0 Å². The van der Waals surface area contributed by atoms with Gasteiger partial charge >= 0.3 is 0 Å². The Kier molecular flexibility index (Phi) is 1.01. The van der Waals surface area contributed by atoms with Gasteiger partial charge in [-0.1, -0.05) is 0 Å². The van der Waals surface area contributed by atoms with E-state index in [9.17, 15) is 0 Å². The fourth-order valence-corrected chi connectivity index (χ4v) is 1.03. The van der Waals surface area contributed by atoms with Crippen LogP contribution in [0.5, 0.6) is 0 Å².